The molecule has 0 radical (unpaired) electrons. The maximum Gasteiger partial charge on any atom is 0.315 e. The number of nitrogens with one attached hydrogen (secondary N) is 2. The molecule has 6 heteroatoms. The van der Waals surface area contributed by atoms with Crippen LogP contribution in [0.3, 0.4) is 0 Å². The maximum atomic E-state index is 12.5. The third kappa shape index (κ3) is 4.42. The molecule has 2 aliphatic rings. The average Bonchev–Trinajstić information content (AvgIpc) is 3.21. The summed E-state index contributed by atoms with van der Waals surface area (Å²) in [6.45, 7) is 4.33. The molecule has 0 saturated carbocycles. The maximum absolute atomic E-state index is 12.5. The van der Waals surface area contributed by atoms with Gasteiger partial charge in [-0.1, -0.05) is 48.0 Å². The minimum absolute atomic E-state index is 0.0951. The number of fused-ring (bicyclic) bond motifs is 1. The highest BCUT2D eigenvalue weighted by Gasteiger charge is 2.24. The van der Waals surface area contributed by atoms with Crippen LogP contribution in [0.25, 0.3) is 0 Å². The van der Waals surface area contributed by atoms with Crippen molar-refractivity contribution in [1.82, 2.24) is 15.5 Å². The molecule has 28 heavy (non-hydrogen) atoms. The molecule has 0 aliphatic carbocycles. The number of hydrogen-bond donors (Lipinski definition) is 2. The first-order valence-corrected chi connectivity index (χ1v) is 10.3. The summed E-state index contributed by atoms with van der Waals surface area (Å²) >= 11 is 6.22. The first kappa shape index (κ1) is 19.1. The van der Waals surface area contributed by atoms with Crippen molar-refractivity contribution < 1.29 is 9.53 Å². The number of amides is 2. The lowest BCUT2D eigenvalue weighted by atomic mass is 10.0. The number of hydrogen-bond acceptors (Lipinski definition) is 3. The van der Waals surface area contributed by atoms with E-state index in [4.69, 9.17) is 16.3 Å². The summed E-state index contributed by atoms with van der Waals surface area (Å²) in [5, 5.41) is 6.66. The fraction of sp³-hybridized carbons (Fsp3) is 0.409. The predicted octanol–water partition coefficient (Wildman–Crippen LogP) is 4.26. The number of nitrogens with zero attached hydrogens (tertiary/aromatic N) is 1. The number of carbonyl (C=O) groups is 1. The molecule has 4 rings (SSSR count). The Kier molecular flexibility index (Phi) is 6.03. The second kappa shape index (κ2) is 8.84. The number of urea groups is 1. The van der Waals surface area contributed by atoms with E-state index in [1.165, 1.54) is 24.0 Å². The molecule has 1 saturated heterocycles. The quantitative estimate of drug-likeness (QED) is 0.789. The Hall–Kier alpha value is -2.24. The number of ether oxygens (including phenoxy) is 1. The van der Waals surface area contributed by atoms with Gasteiger partial charge in [-0.3, -0.25) is 4.90 Å². The predicted molar refractivity (Wildman–Crippen MR) is 111 cm³/mol. The Balaban J connectivity index is 1.36. The summed E-state index contributed by atoms with van der Waals surface area (Å²) in [4.78, 5) is 15.0. The van der Waals surface area contributed by atoms with Crippen molar-refractivity contribution in [2.75, 3.05) is 19.7 Å². The van der Waals surface area contributed by atoms with Crippen LogP contribution in [0.15, 0.2) is 42.5 Å². The molecule has 2 amide bonds. The van der Waals surface area contributed by atoms with Gasteiger partial charge in [0.25, 0.3) is 0 Å². The highest BCUT2D eigenvalue weighted by molar-refractivity contribution is 6.32. The second-order valence-corrected chi connectivity index (χ2v) is 7.83. The van der Waals surface area contributed by atoms with E-state index >= 15 is 0 Å². The van der Waals surface area contributed by atoms with E-state index in [2.05, 4.69) is 33.7 Å². The van der Waals surface area contributed by atoms with E-state index in [-0.39, 0.29) is 12.1 Å². The van der Waals surface area contributed by atoms with E-state index in [9.17, 15) is 4.79 Å². The van der Waals surface area contributed by atoms with Gasteiger partial charge in [-0.15, -0.1) is 0 Å². The normalized spacial score (nSPS) is 19.0. The Labute approximate surface area is 171 Å². The summed E-state index contributed by atoms with van der Waals surface area (Å²) in [7, 11) is 0. The highest BCUT2D eigenvalue weighted by atomic mass is 35.5. The van der Waals surface area contributed by atoms with E-state index in [1.54, 1.807) is 6.07 Å². The Bertz CT molecular complexity index is 836. The lowest BCUT2D eigenvalue weighted by Crippen LogP contribution is -2.39. The zero-order chi connectivity index (χ0) is 19.3. The van der Waals surface area contributed by atoms with E-state index in [0.717, 1.165) is 31.6 Å². The van der Waals surface area contributed by atoms with Crippen molar-refractivity contribution in [3.8, 4) is 5.75 Å². The van der Waals surface area contributed by atoms with Crippen LogP contribution >= 0.6 is 11.6 Å². The highest BCUT2D eigenvalue weighted by Crippen LogP contribution is 2.37. The van der Waals surface area contributed by atoms with Gasteiger partial charge in [0.15, 0.2) is 0 Å². The number of halogens is 1. The molecule has 1 atom stereocenters. The van der Waals surface area contributed by atoms with Crippen LogP contribution in [0.5, 0.6) is 5.75 Å². The number of rotatable bonds is 5. The largest absolute Gasteiger partial charge is 0.492 e. The van der Waals surface area contributed by atoms with Crippen LogP contribution in [0.4, 0.5) is 4.79 Å². The van der Waals surface area contributed by atoms with Crippen LogP contribution in [0, 0.1) is 0 Å². The van der Waals surface area contributed by atoms with Crippen molar-refractivity contribution in [1.29, 1.82) is 0 Å². The molecule has 2 N–H and O–H groups in total. The molecule has 2 aromatic rings. The molecule has 0 bridgehead atoms. The summed E-state index contributed by atoms with van der Waals surface area (Å²) in [6, 6.07) is 13.7. The fourth-order valence-electron chi connectivity index (χ4n) is 3.99. The van der Waals surface area contributed by atoms with Gasteiger partial charge >= 0.3 is 6.03 Å². The SMILES string of the molecule is O=C(NCc1ccccc1CN1CCCC1)N[C@@H]1CCOc2c(Cl)cccc21. The van der Waals surface area contributed by atoms with E-state index in [0.29, 0.717) is 23.9 Å². The zero-order valence-corrected chi connectivity index (χ0v) is 16.7. The summed E-state index contributed by atoms with van der Waals surface area (Å²) < 4.78 is 5.67. The third-order valence-electron chi connectivity index (χ3n) is 5.48. The topological polar surface area (TPSA) is 53.6 Å². The molecule has 5 nitrogen and oxygen atoms in total. The fourth-order valence-corrected chi connectivity index (χ4v) is 4.22. The van der Waals surface area contributed by atoms with E-state index < -0.39 is 0 Å². The first-order valence-electron chi connectivity index (χ1n) is 9.95. The number of likely N-dealkylation sites (tertiary alicyclic amines) is 1. The molecule has 0 aromatic heterocycles. The van der Waals surface area contributed by atoms with Gasteiger partial charge in [0.2, 0.25) is 0 Å². The number of benzene rings is 2. The molecule has 148 valence electrons. The summed E-state index contributed by atoms with van der Waals surface area (Å²) in [6.07, 6.45) is 3.28. The second-order valence-electron chi connectivity index (χ2n) is 7.43. The van der Waals surface area contributed by atoms with Crippen molar-refractivity contribution in [2.45, 2.75) is 38.4 Å². The van der Waals surface area contributed by atoms with Crippen LogP contribution in [-0.2, 0) is 13.1 Å². The molecule has 2 aromatic carbocycles. The molecule has 0 unspecified atom stereocenters. The van der Waals surface area contributed by atoms with E-state index in [1.807, 2.05) is 18.2 Å². The molecule has 2 heterocycles. The minimum Gasteiger partial charge on any atom is -0.492 e. The lowest BCUT2D eigenvalue weighted by Gasteiger charge is -2.27. The van der Waals surface area contributed by atoms with Gasteiger partial charge in [0.05, 0.1) is 17.7 Å². The molecular formula is C22H26ClN3O2. The third-order valence-corrected chi connectivity index (χ3v) is 5.78. The summed E-state index contributed by atoms with van der Waals surface area (Å²) in [5.41, 5.74) is 3.39. The van der Waals surface area contributed by atoms with Gasteiger partial charge in [0.1, 0.15) is 5.75 Å². The van der Waals surface area contributed by atoms with Crippen LogP contribution in [0.1, 0.15) is 42.0 Å². The molecule has 0 spiro atoms. The Morgan fingerprint density at radius 2 is 1.89 bits per heavy atom. The van der Waals surface area contributed by atoms with Crippen molar-refractivity contribution in [3.63, 3.8) is 0 Å². The Morgan fingerprint density at radius 3 is 2.71 bits per heavy atom. The molecule has 2 aliphatic heterocycles. The van der Waals surface area contributed by atoms with Gasteiger partial charge in [0, 0.05) is 25.1 Å². The van der Waals surface area contributed by atoms with Gasteiger partial charge in [-0.25, -0.2) is 4.79 Å². The minimum atomic E-state index is -0.172. The van der Waals surface area contributed by atoms with Crippen molar-refractivity contribution in [2.24, 2.45) is 0 Å². The first-order chi connectivity index (χ1) is 13.7. The van der Waals surface area contributed by atoms with Crippen LogP contribution in [0.2, 0.25) is 5.02 Å². The average molecular weight is 400 g/mol. The number of carbonyl (C=O) groups excluding carboxylic acids is 1. The van der Waals surface area contributed by atoms with Crippen LogP contribution in [-0.4, -0.2) is 30.6 Å². The lowest BCUT2D eigenvalue weighted by molar-refractivity contribution is 0.223. The van der Waals surface area contributed by atoms with Crippen LogP contribution < -0.4 is 15.4 Å². The monoisotopic (exact) mass is 399 g/mol. The van der Waals surface area contributed by atoms with Crippen molar-refractivity contribution in [3.05, 3.63) is 64.2 Å². The summed E-state index contributed by atoms with van der Waals surface area (Å²) in [5.74, 6) is 0.677. The zero-order valence-electron chi connectivity index (χ0n) is 15.9. The van der Waals surface area contributed by atoms with Gasteiger partial charge in [-0.05, 0) is 43.1 Å². The standard InChI is InChI=1S/C22H26ClN3O2/c23-19-9-5-8-18-20(10-13-28-21(18)19)25-22(27)24-14-16-6-1-2-7-17(16)15-26-11-3-4-12-26/h1-2,5-9,20H,3-4,10-15H2,(H2,24,25,27)/t20-/m1/s1. The van der Waals surface area contributed by atoms with Gasteiger partial charge in [-0.2, -0.15) is 0 Å². The van der Waals surface area contributed by atoms with Gasteiger partial charge < -0.3 is 15.4 Å². The Morgan fingerprint density at radius 1 is 1.11 bits per heavy atom. The number of para-hydroxylation sites is 1. The smallest absolute Gasteiger partial charge is 0.315 e. The van der Waals surface area contributed by atoms with Crippen molar-refractivity contribution >= 4 is 17.6 Å². The molecular weight excluding hydrogens is 374 g/mol. The molecule has 1 fully saturated rings.